The maximum Gasteiger partial charge on any atom is 0.125 e. The monoisotopic (exact) mass is 314 g/mol. The van der Waals surface area contributed by atoms with Crippen LogP contribution in [0.1, 0.15) is 28.4 Å². The molecule has 0 aromatic heterocycles. The van der Waals surface area contributed by atoms with Gasteiger partial charge in [0.05, 0.1) is 0 Å². The number of aliphatic imine (C=N–C) groups is 1. The van der Waals surface area contributed by atoms with Crippen molar-refractivity contribution in [3.05, 3.63) is 107 Å². The van der Waals surface area contributed by atoms with Crippen LogP contribution in [0.2, 0.25) is 0 Å². The summed E-state index contributed by atoms with van der Waals surface area (Å²) in [6, 6.07) is 29.1. The molecular formula is C22H22N2. The van der Waals surface area contributed by atoms with Gasteiger partial charge in [-0.2, -0.15) is 0 Å². The predicted octanol–water partition coefficient (Wildman–Crippen LogP) is 4.90. The van der Waals surface area contributed by atoms with Crippen LogP contribution >= 0.6 is 0 Å². The van der Waals surface area contributed by atoms with Gasteiger partial charge in [-0.25, -0.2) is 0 Å². The quantitative estimate of drug-likeness (QED) is 0.643. The molecule has 0 saturated heterocycles. The number of hydrogen-bond donors (Lipinski definition) is 1. The van der Waals surface area contributed by atoms with Crippen molar-refractivity contribution in [1.29, 1.82) is 0 Å². The predicted molar refractivity (Wildman–Crippen MR) is 101 cm³/mol. The van der Waals surface area contributed by atoms with Crippen LogP contribution in [0, 0.1) is 6.92 Å². The lowest BCUT2D eigenvalue weighted by Gasteiger charge is -2.16. The fourth-order valence-electron chi connectivity index (χ4n) is 2.61. The van der Waals surface area contributed by atoms with Gasteiger partial charge >= 0.3 is 0 Å². The van der Waals surface area contributed by atoms with Crippen molar-refractivity contribution < 1.29 is 0 Å². The Morgan fingerprint density at radius 2 is 1.58 bits per heavy atom. The highest BCUT2D eigenvalue weighted by molar-refractivity contribution is 5.79. The third-order valence-corrected chi connectivity index (χ3v) is 3.87. The molecular weight excluding hydrogens is 292 g/mol. The van der Waals surface area contributed by atoms with Gasteiger partial charge < -0.3 is 0 Å². The number of rotatable bonds is 6. The minimum atomic E-state index is -0.0645. The van der Waals surface area contributed by atoms with Crippen LogP contribution in [0.25, 0.3) is 0 Å². The molecule has 0 fully saturated rings. The van der Waals surface area contributed by atoms with Crippen molar-refractivity contribution in [3.8, 4) is 0 Å². The first-order chi connectivity index (χ1) is 11.8. The van der Waals surface area contributed by atoms with Crippen LogP contribution in [0.3, 0.4) is 0 Å². The highest BCUT2D eigenvalue weighted by atomic mass is 15.1. The van der Waals surface area contributed by atoms with E-state index in [0.717, 1.165) is 12.1 Å². The summed E-state index contributed by atoms with van der Waals surface area (Å²) in [5, 5.41) is 3.55. The van der Waals surface area contributed by atoms with Crippen molar-refractivity contribution in [1.82, 2.24) is 5.32 Å². The fourth-order valence-corrected chi connectivity index (χ4v) is 2.61. The van der Waals surface area contributed by atoms with Gasteiger partial charge in [0.25, 0.3) is 0 Å². The molecule has 0 aliphatic carbocycles. The average Bonchev–Trinajstić information content (AvgIpc) is 2.63. The van der Waals surface area contributed by atoms with E-state index in [-0.39, 0.29) is 6.17 Å². The summed E-state index contributed by atoms with van der Waals surface area (Å²) in [7, 11) is 0. The van der Waals surface area contributed by atoms with E-state index in [2.05, 4.69) is 72.9 Å². The van der Waals surface area contributed by atoms with Gasteiger partial charge in [-0.05, 0) is 23.6 Å². The van der Waals surface area contributed by atoms with Gasteiger partial charge in [0.1, 0.15) is 6.17 Å². The first kappa shape index (κ1) is 16.2. The summed E-state index contributed by atoms with van der Waals surface area (Å²) in [5.74, 6) is 0. The maximum absolute atomic E-state index is 4.78. The van der Waals surface area contributed by atoms with Crippen LogP contribution < -0.4 is 5.32 Å². The molecule has 2 heteroatoms. The summed E-state index contributed by atoms with van der Waals surface area (Å²) >= 11 is 0. The molecule has 1 atom stereocenters. The van der Waals surface area contributed by atoms with Crippen LogP contribution in [0.4, 0.5) is 0 Å². The van der Waals surface area contributed by atoms with Crippen LogP contribution in [0.15, 0.2) is 89.9 Å². The van der Waals surface area contributed by atoms with Gasteiger partial charge in [0.15, 0.2) is 0 Å². The molecule has 0 spiro atoms. The number of benzene rings is 3. The molecule has 2 nitrogen and oxygen atoms in total. The van der Waals surface area contributed by atoms with E-state index in [1.54, 1.807) is 0 Å². The number of hydrogen-bond acceptors (Lipinski definition) is 2. The summed E-state index contributed by atoms with van der Waals surface area (Å²) in [6.07, 6.45) is 1.87. The second-order valence-electron chi connectivity index (χ2n) is 5.87. The third kappa shape index (κ3) is 4.64. The van der Waals surface area contributed by atoms with E-state index in [0.29, 0.717) is 0 Å². The Morgan fingerprint density at radius 3 is 2.29 bits per heavy atom. The van der Waals surface area contributed by atoms with E-state index >= 15 is 0 Å². The van der Waals surface area contributed by atoms with Gasteiger partial charge in [0.2, 0.25) is 0 Å². The molecule has 120 valence electrons. The zero-order valence-electron chi connectivity index (χ0n) is 13.9. The molecule has 3 aromatic carbocycles. The lowest BCUT2D eigenvalue weighted by atomic mass is 10.1. The molecule has 0 amide bonds. The topological polar surface area (TPSA) is 24.4 Å². The van der Waals surface area contributed by atoms with Crippen LogP contribution in [-0.2, 0) is 6.54 Å². The standard InChI is InChI=1S/C22H22N2/c1-18-9-8-14-21(15-18)22(23-16-19-10-4-2-5-11-19)24-17-20-12-6-3-7-13-20/h2-16,22,24H,17H2,1H3. The number of aryl methyl sites for hydroxylation is 1. The SMILES string of the molecule is Cc1cccc(C(N=Cc2ccccc2)NCc2ccccc2)c1. The molecule has 3 aromatic rings. The average molecular weight is 314 g/mol. The van der Waals surface area contributed by atoms with Gasteiger partial charge in [0, 0.05) is 12.8 Å². The van der Waals surface area contributed by atoms with Gasteiger partial charge in [-0.15, -0.1) is 0 Å². The van der Waals surface area contributed by atoms with Crippen LogP contribution in [-0.4, -0.2) is 6.21 Å². The van der Waals surface area contributed by atoms with E-state index < -0.39 is 0 Å². The Kier molecular flexibility index (Phi) is 5.54. The molecule has 1 unspecified atom stereocenters. The first-order valence-electron chi connectivity index (χ1n) is 8.23. The second kappa shape index (κ2) is 8.23. The van der Waals surface area contributed by atoms with E-state index in [4.69, 9.17) is 4.99 Å². The van der Waals surface area contributed by atoms with Crippen molar-refractivity contribution in [2.24, 2.45) is 4.99 Å². The fraction of sp³-hybridized carbons (Fsp3) is 0.136. The second-order valence-corrected chi connectivity index (χ2v) is 5.87. The van der Waals surface area contributed by atoms with Crippen molar-refractivity contribution in [2.75, 3.05) is 0 Å². The first-order valence-corrected chi connectivity index (χ1v) is 8.23. The van der Waals surface area contributed by atoms with Gasteiger partial charge in [-0.3, -0.25) is 10.3 Å². The molecule has 24 heavy (non-hydrogen) atoms. The third-order valence-electron chi connectivity index (χ3n) is 3.87. The van der Waals surface area contributed by atoms with E-state index in [9.17, 15) is 0 Å². The maximum atomic E-state index is 4.78. The Morgan fingerprint density at radius 1 is 0.875 bits per heavy atom. The van der Waals surface area contributed by atoms with Crippen molar-refractivity contribution in [3.63, 3.8) is 0 Å². The lowest BCUT2D eigenvalue weighted by Crippen LogP contribution is -2.19. The minimum Gasteiger partial charge on any atom is -0.288 e. The smallest absolute Gasteiger partial charge is 0.125 e. The highest BCUT2D eigenvalue weighted by Crippen LogP contribution is 2.17. The molecule has 3 rings (SSSR count). The summed E-state index contributed by atoms with van der Waals surface area (Å²) in [5.41, 5.74) is 4.79. The Labute approximate surface area is 143 Å². The molecule has 1 N–H and O–H groups in total. The Hall–Kier alpha value is -2.71. The number of nitrogens with zero attached hydrogens (tertiary/aromatic N) is 1. The molecule has 0 saturated carbocycles. The summed E-state index contributed by atoms with van der Waals surface area (Å²) in [6.45, 7) is 2.89. The van der Waals surface area contributed by atoms with E-state index in [1.165, 1.54) is 16.7 Å². The van der Waals surface area contributed by atoms with Crippen molar-refractivity contribution >= 4 is 6.21 Å². The van der Waals surface area contributed by atoms with Gasteiger partial charge in [-0.1, -0.05) is 90.5 Å². The minimum absolute atomic E-state index is 0.0645. The van der Waals surface area contributed by atoms with E-state index in [1.807, 2.05) is 30.5 Å². The molecule has 0 aliphatic rings. The Balaban J connectivity index is 1.79. The highest BCUT2D eigenvalue weighted by Gasteiger charge is 2.08. The lowest BCUT2D eigenvalue weighted by molar-refractivity contribution is 0.556. The number of nitrogens with one attached hydrogen (secondary N) is 1. The summed E-state index contributed by atoms with van der Waals surface area (Å²) < 4.78 is 0. The zero-order chi connectivity index (χ0) is 16.6. The normalized spacial score (nSPS) is 12.4. The molecule has 0 heterocycles. The largest absolute Gasteiger partial charge is 0.288 e. The van der Waals surface area contributed by atoms with Crippen molar-refractivity contribution in [2.45, 2.75) is 19.6 Å². The summed E-state index contributed by atoms with van der Waals surface area (Å²) in [4.78, 5) is 4.78. The zero-order valence-corrected chi connectivity index (χ0v) is 13.9. The molecule has 0 radical (unpaired) electrons. The van der Waals surface area contributed by atoms with Crippen LogP contribution in [0.5, 0.6) is 0 Å². The Bertz CT molecular complexity index is 779. The molecule has 0 bridgehead atoms. The molecule has 0 aliphatic heterocycles.